The minimum atomic E-state index is -0.504. The highest BCUT2D eigenvalue weighted by atomic mass is 35.5. The Kier molecular flexibility index (Phi) is 3.25. The molecule has 2 aromatic rings. The SMILES string of the molecule is Cc1ccc(F)c(C(=O)c2ccc(Cl)cc2)c1. The second kappa shape index (κ2) is 4.68. The minimum absolute atomic E-state index is 0.0901. The number of benzene rings is 2. The lowest BCUT2D eigenvalue weighted by atomic mass is 10.0. The molecular weight excluding hydrogens is 239 g/mol. The number of ketones is 1. The fraction of sp³-hybridized carbons (Fsp3) is 0.0714. The summed E-state index contributed by atoms with van der Waals surface area (Å²) in [6.07, 6.45) is 0. The number of hydrogen-bond acceptors (Lipinski definition) is 1. The molecule has 0 aromatic heterocycles. The summed E-state index contributed by atoms with van der Waals surface area (Å²) in [4.78, 5) is 12.0. The highest BCUT2D eigenvalue weighted by molar-refractivity contribution is 6.30. The Morgan fingerprint density at radius 1 is 1.12 bits per heavy atom. The van der Waals surface area contributed by atoms with Crippen molar-refractivity contribution in [1.82, 2.24) is 0 Å². The highest BCUT2D eigenvalue weighted by Gasteiger charge is 2.13. The summed E-state index contributed by atoms with van der Waals surface area (Å²) in [5, 5.41) is 0.547. The second-order valence-electron chi connectivity index (χ2n) is 3.82. The molecule has 0 saturated carbocycles. The van der Waals surface area contributed by atoms with E-state index in [4.69, 9.17) is 11.6 Å². The molecule has 0 fully saturated rings. The number of carbonyl (C=O) groups excluding carboxylic acids is 1. The summed E-state index contributed by atoms with van der Waals surface area (Å²) < 4.78 is 13.5. The number of hydrogen-bond donors (Lipinski definition) is 0. The topological polar surface area (TPSA) is 17.1 Å². The Hall–Kier alpha value is -1.67. The molecule has 0 saturated heterocycles. The first-order chi connectivity index (χ1) is 8.08. The molecule has 0 unspecified atom stereocenters. The molecule has 17 heavy (non-hydrogen) atoms. The quantitative estimate of drug-likeness (QED) is 0.734. The van der Waals surface area contributed by atoms with E-state index in [9.17, 15) is 9.18 Å². The number of carbonyl (C=O) groups is 1. The molecule has 0 spiro atoms. The molecule has 1 nitrogen and oxygen atoms in total. The first kappa shape index (κ1) is 11.8. The molecule has 0 aliphatic carbocycles. The third-order valence-corrected chi connectivity index (χ3v) is 2.72. The molecule has 0 heterocycles. The van der Waals surface area contributed by atoms with E-state index >= 15 is 0 Å². The molecule has 0 N–H and O–H groups in total. The van der Waals surface area contributed by atoms with Crippen LogP contribution in [0.4, 0.5) is 4.39 Å². The van der Waals surface area contributed by atoms with Crippen LogP contribution in [0, 0.1) is 12.7 Å². The molecule has 0 atom stereocenters. The lowest BCUT2D eigenvalue weighted by Crippen LogP contribution is -2.04. The Labute approximate surface area is 104 Å². The van der Waals surface area contributed by atoms with Gasteiger partial charge in [-0.25, -0.2) is 4.39 Å². The van der Waals surface area contributed by atoms with Crippen molar-refractivity contribution >= 4 is 17.4 Å². The average molecular weight is 249 g/mol. The van der Waals surface area contributed by atoms with Crippen molar-refractivity contribution in [3.05, 3.63) is 70.0 Å². The summed E-state index contributed by atoms with van der Waals surface area (Å²) in [5.74, 6) is -0.835. The van der Waals surface area contributed by atoms with E-state index in [0.717, 1.165) is 5.56 Å². The summed E-state index contributed by atoms with van der Waals surface area (Å²) in [5.41, 5.74) is 1.37. The van der Waals surface area contributed by atoms with Gasteiger partial charge in [-0.3, -0.25) is 4.79 Å². The summed E-state index contributed by atoms with van der Waals surface area (Å²) in [7, 11) is 0. The molecule has 2 aromatic carbocycles. The molecule has 2 rings (SSSR count). The van der Waals surface area contributed by atoms with Gasteiger partial charge in [-0.15, -0.1) is 0 Å². The molecule has 0 aliphatic rings. The molecule has 3 heteroatoms. The van der Waals surface area contributed by atoms with E-state index in [2.05, 4.69) is 0 Å². The zero-order valence-electron chi connectivity index (χ0n) is 9.21. The lowest BCUT2D eigenvalue weighted by molar-refractivity contribution is 0.103. The Balaban J connectivity index is 2.43. The van der Waals surface area contributed by atoms with Crippen LogP contribution in [0.3, 0.4) is 0 Å². The fourth-order valence-corrected chi connectivity index (χ4v) is 1.70. The van der Waals surface area contributed by atoms with Crippen molar-refractivity contribution in [2.24, 2.45) is 0 Å². The van der Waals surface area contributed by atoms with E-state index < -0.39 is 5.82 Å². The summed E-state index contributed by atoms with van der Waals surface area (Å²) in [6, 6.07) is 10.9. The van der Waals surface area contributed by atoms with Crippen LogP contribution < -0.4 is 0 Å². The van der Waals surface area contributed by atoms with Gasteiger partial charge in [0, 0.05) is 10.6 Å². The first-order valence-electron chi connectivity index (χ1n) is 5.14. The van der Waals surface area contributed by atoms with Gasteiger partial charge >= 0.3 is 0 Å². The monoisotopic (exact) mass is 248 g/mol. The van der Waals surface area contributed by atoms with Gasteiger partial charge in [0.25, 0.3) is 0 Å². The van der Waals surface area contributed by atoms with Crippen LogP contribution in [0.15, 0.2) is 42.5 Å². The number of rotatable bonds is 2. The first-order valence-corrected chi connectivity index (χ1v) is 5.52. The summed E-state index contributed by atoms with van der Waals surface area (Å²) in [6.45, 7) is 1.82. The third kappa shape index (κ3) is 2.53. The van der Waals surface area contributed by atoms with Gasteiger partial charge in [0.05, 0.1) is 5.56 Å². The fourth-order valence-electron chi connectivity index (χ4n) is 1.57. The Morgan fingerprint density at radius 3 is 2.41 bits per heavy atom. The standard InChI is InChI=1S/C14H10ClFO/c1-9-2-7-13(16)12(8-9)14(17)10-3-5-11(15)6-4-10/h2-8H,1H3. The maximum atomic E-state index is 13.5. The average Bonchev–Trinajstić information content (AvgIpc) is 2.32. The zero-order chi connectivity index (χ0) is 12.4. The van der Waals surface area contributed by atoms with E-state index in [1.165, 1.54) is 6.07 Å². The van der Waals surface area contributed by atoms with E-state index in [1.54, 1.807) is 36.4 Å². The van der Waals surface area contributed by atoms with Crippen LogP contribution in [0.25, 0.3) is 0 Å². The van der Waals surface area contributed by atoms with Crippen molar-refractivity contribution in [1.29, 1.82) is 0 Å². The van der Waals surface area contributed by atoms with Crippen LogP contribution >= 0.6 is 11.6 Å². The van der Waals surface area contributed by atoms with Gasteiger partial charge in [0.2, 0.25) is 0 Å². The predicted octanol–water partition coefficient (Wildman–Crippen LogP) is 4.02. The van der Waals surface area contributed by atoms with Gasteiger partial charge in [0.1, 0.15) is 5.82 Å². The molecule has 0 bridgehead atoms. The van der Waals surface area contributed by atoms with Crippen LogP contribution in [-0.2, 0) is 0 Å². The maximum Gasteiger partial charge on any atom is 0.195 e. The summed E-state index contributed by atoms with van der Waals surface area (Å²) >= 11 is 5.73. The lowest BCUT2D eigenvalue weighted by Gasteiger charge is -2.04. The van der Waals surface area contributed by atoms with Crippen molar-refractivity contribution in [3.63, 3.8) is 0 Å². The van der Waals surface area contributed by atoms with Crippen LogP contribution in [0.2, 0.25) is 5.02 Å². The minimum Gasteiger partial charge on any atom is -0.288 e. The van der Waals surface area contributed by atoms with Gasteiger partial charge in [0.15, 0.2) is 5.78 Å². The molecule has 0 radical (unpaired) electrons. The number of halogens is 2. The van der Waals surface area contributed by atoms with Crippen molar-refractivity contribution < 1.29 is 9.18 Å². The highest BCUT2D eigenvalue weighted by Crippen LogP contribution is 2.17. The Morgan fingerprint density at radius 2 is 1.76 bits per heavy atom. The maximum absolute atomic E-state index is 13.5. The van der Waals surface area contributed by atoms with Crippen molar-refractivity contribution in [2.45, 2.75) is 6.92 Å². The van der Waals surface area contributed by atoms with Gasteiger partial charge < -0.3 is 0 Å². The zero-order valence-corrected chi connectivity index (χ0v) is 9.96. The van der Waals surface area contributed by atoms with Crippen molar-refractivity contribution in [3.8, 4) is 0 Å². The smallest absolute Gasteiger partial charge is 0.195 e. The van der Waals surface area contributed by atoms with Crippen LogP contribution in [0.1, 0.15) is 21.5 Å². The normalized spacial score (nSPS) is 10.3. The van der Waals surface area contributed by atoms with Crippen molar-refractivity contribution in [2.75, 3.05) is 0 Å². The molecule has 0 amide bonds. The van der Waals surface area contributed by atoms with E-state index in [1.807, 2.05) is 6.92 Å². The largest absolute Gasteiger partial charge is 0.288 e. The Bertz CT molecular complexity index is 561. The molecular formula is C14H10ClFO. The van der Waals surface area contributed by atoms with E-state index in [-0.39, 0.29) is 11.3 Å². The second-order valence-corrected chi connectivity index (χ2v) is 4.26. The van der Waals surface area contributed by atoms with Crippen LogP contribution in [0.5, 0.6) is 0 Å². The van der Waals surface area contributed by atoms with Gasteiger partial charge in [-0.1, -0.05) is 23.2 Å². The van der Waals surface area contributed by atoms with Crippen LogP contribution in [-0.4, -0.2) is 5.78 Å². The molecule has 0 aliphatic heterocycles. The molecule has 86 valence electrons. The van der Waals surface area contributed by atoms with Gasteiger partial charge in [-0.05, 0) is 43.3 Å². The number of aryl methyl sites for hydroxylation is 1. The predicted molar refractivity (Wildman–Crippen MR) is 66.0 cm³/mol. The third-order valence-electron chi connectivity index (χ3n) is 2.47. The van der Waals surface area contributed by atoms with E-state index in [0.29, 0.717) is 10.6 Å². The van der Waals surface area contributed by atoms with Gasteiger partial charge in [-0.2, -0.15) is 0 Å².